The maximum absolute atomic E-state index is 12.9. The third-order valence-electron chi connectivity index (χ3n) is 5.19. The monoisotopic (exact) mass is 438 g/mol. The number of aromatic nitrogens is 2. The lowest BCUT2D eigenvalue weighted by Gasteiger charge is -2.31. The molecule has 0 fully saturated rings. The smallest absolute Gasteiger partial charge is 0.270 e. The Hall–Kier alpha value is -2.71. The normalized spacial score (nSPS) is 15.7. The fraction of sp³-hybridized carbons (Fsp3) is 0.273. The second-order valence-electron chi connectivity index (χ2n) is 7.12. The zero-order valence-corrected chi connectivity index (χ0v) is 18.4. The number of amides is 2. The molecule has 0 saturated carbocycles. The summed E-state index contributed by atoms with van der Waals surface area (Å²) < 4.78 is 0. The molecule has 3 heterocycles. The van der Waals surface area contributed by atoms with Gasteiger partial charge in [-0.3, -0.25) is 9.59 Å². The first-order valence-electron chi connectivity index (χ1n) is 9.62. The highest BCUT2D eigenvalue weighted by atomic mass is 32.2. The van der Waals surface area contributed by atoms with Gasteiger partial charge in [-0.2, -0.15) is 0 Å². The molecular formula is C22H22N4O2S2. The van der Waals surface area contributed by atoms with Crippen molar-refractivity contribution in [1.82, 2.24) is 15.3 Å². The standard InChI is InChI=1S/C22H22N4O2S2/c1-26-19-8-7-17(21(27)24-13-20-23-9-10-30-20)25-18(19)12-15(22(26)28)11-14-3-5-16(29-2)6-4-14/h3-10,15H,11-13H2,1-2H3,(H,24,27). The number of rotatable bonds is 6. The Balaban J connectivity index is 1.50. The quantitative estimate of drug-likeness (QED) is 0.596. The molecule has 1 atom stereocenters. The second kappa shape index (κ2) is 8.97. The van der Waals surface area contributed by atoms with Crippen molar-refractivity contribution in [3.05, 3.63) is 69.9 Å². The van der Waals surface area contributed by atoms with E-state index in [1.165, 1.54) is 16.2 Å². The lowest BCUT2D eigenvalue weighted by Crippen LogP contribution is -2.40. The number of thiazole rings is 1. The molecule has 30 heavy (non-hydrogen) atoms. The summed E-state index contributed by atoms with van der Waals surface area (Å²) in [6.45, 7) is 0.377. The van der Waals surface area contributed by atoms with E-state index in [9.17, 15) is 9.59 Å². The van der Waals surface area contributed by atoms with Crippen molar-refractivity contribution in [2.45, 2.75) is 24.3 Å². The van der Waals surface area contributed by atoms with Crippen LogP contribution in [0.3, 0.4) is 0 Å². The van der Waals surface area contributed by atoms with Crippen molar-refractivity contribution >= 4 is 40.6 Å². The Labute approximate surface area is 183 Å². The summed E-state index contributed by atoms with van der Waals surface area (Å²) in [7, 11) is 1.77. The van der Waals surface area contributed by atoms with Crippen LogP contribution in [0.4, 0.5) is 5.69 Å². The minimum Gasteiger partial charge on any atom is -0.344 e. The summed E-state index contributed by atoms with van der Waals surface area (Å²) in [4.78, 5) is 37.0. The lowest BCUT2D eigenvalue weighted by atomic mass is 9.89. The molecule has 0 spiro atoms. The van der Waals surface area contributed by atoms with E-state index in [0.29, 0.717) is 25.1 Å². The zero-order valence-electron chi connectivity index (χ0n) is 16.8. The molecule has 1 N–H and O–H groups in total. The number of hydrogen-bond acceptors (Lipinski definition) is 6. The van der Waals surface area contributed by atoms with Gasteiger partial charge >= 0.3 is 0 Å². The summed E-state index contributed by atoms with van der Waals surface area (Å²) in [5.74, 6) is -0.347. The fourth-order valence-electron chi connectivity index (χ4n) is 3.58. The van der Waals surface area contributed by atoms with Crippen molar-refractivity contribution < 1.29 is 9.59 Å². The van der Waals surface area contributed by atoms with Gasteiger partial charge in [0.05, 0.1) is 17.9 Å². The van der Waals surface area contributed by atoms with Crippen LogP contribution in [0.2, 0.25) is 0 Å². The highest BCUT2D eigenvalue weighted by molar-refractivity contribution is 7.98. The molecule has 2 amide bonds. The summed E-state index contributed by atoms with van der Waals surface area (Å²) in [6, 6.07) is 11.8. The van der Waals surface area contributed by atoms with Gasteiger partial charge in [0.2, 0.25) is 5.91 Å². The van der Waals surface area contributed by atoms with Gasteiger partial charge in [-0.1, -0.05) is 12.1 Å². The number of thioether (sulfide) groups is 1. The van der Waals surface area contributed by atoms with E-state index in [4.69, 9.17) is 0 Å². The highest BCUT2D eigenvalue weighted by Crippen LogP contribution is 2.30. The van der Waals surface area contributed by atoms with Crippen LogP contribution in [0.15, 0.2) is 52.9 Å². The average molecular weight is 439 g/mol. The summed E-state index contributed by atoms with van der Waals surface area (Å²) in [5, 5.41) is 5.58. The van der Waals surface area contributed by atoms with Crippen molar-refractivity contribution in [2.24, 2.45) is 5.92 Å². The number of carbonyl (C=O) groups is 2. The molecule has 0 radical (unpaired) electrons. The maximum Gasteiger partial charge on any atom is 0.270 e. The van der Waals surface area contributed by atoms with Crippen LogP contribution in [-0.4, -0.2) is 35.1 Å². The van der Waals surface area contributed by atoms with Gasteiger partial charge < -0.3 is 10.2 Å². The second-order valence-corrected chi connectivity index (χ2v) is 8.98. The fourth-order valence-corrected chi connectivity index (χ4v) is 4.55. The van der Waals surface area contributed by atoms with E-state index >= 15 is 0 Å². The van der Waals surface area contributed by atoms with Crippen LogP contribution >= 0.6 is 23.1 Å². The largest absolute Gasteiger partial charge is 0.344 e. The van der Waals surface area contributed by atoms with Gasteiger partial charge in [0.25, 0.3) is 5.91 Å². The Morgan fingerprint density at radius 1 is 1.27 bits per heavy atom. The molecule has 0 saturated heterocycles. The molecular weight excluding hydrogens is 416 g/mol. The predicted molar refractivity (Wildman–Crippen MR) is 120 cm³/mol. The van der Waals surface area contributed by atoms with Crippen molar-refractivity contribution in [3.63, 3.8) is 0 Å². The average Bonchev–Trinajstić information content (AvgIpc) is 3.29. The summed E-state index contributed by atoms with van der Waals surface area (Å²) in [6.07, 6.45) is 4.93. The topological polar surface area (TPSA) is 75.2 Å². The van der Waals surface area contributed by atoms with Gasteiger partial charge in [0.15, 0.2) is 0 Å². The number of hydrogen-bond donors (Lipinski definition) is 1. The minimum absolute atomic E-state index is 0.0826. The number of nitrogens with one attached hydrogen (secondary N) is 1. The number of carbonyl (C=O) groups excluding carboxylic acids is 2. The number of anilines is 1. The van der Waals surface area contributed by atoms with Crippen LogP contribution in [-0.2, 0) is 24.2 Å². The zero-order chi connectivity index (χ0) is 21.1. The molecule has 154 valence electrons. The third-order valence-corrected chi connectivity index (χ3v) is 6.71. The van der Waals surface area contributed by atoms with Crippen molar-refractivity contribution in [3.8, 4) is 0 Å². The van der Waals surface area contributed by atoms with Gasteiger partial charge in [0.1, 0.15) is 10.7 Å². The van der Waals surface area contributed by atoms with E-state index in [-0.39, 0.29) is 17.7 Å². The minimum atomic E-state index is -0.239. The molecule has 1 aromatic carbocycles. The number of fused-ring (bicyclic) bond motifs is 1. The van der Waals surface area contributed by atoms with Crippen LogP contribution in [0.25, 0.3) is 0 Å². The Morgan fingerprint density at radius 3 is 2.77 bits per heavy atom. The molecule has 1 unspecified atom stereocenters. The predicted octanol–water partition coefficient (Wildman–Crippen LogP) is 3.57. The van der Waals surface area contributed by atoms with Crippen molar-refractivity contribution in [1.29, 1.82) is 0 Å². The first kappa shape index (κ1) is 20.6. The molecule has 8 heteroatoms. The molecule has 4 rings (SSSR count). The number of benzene rings is 1. The van der Waals surface area contributed by atoms with E-state index < -0.39 is 0 Å². The van der Waals surface area contributed by atoms with Gasteiger partial charge in [-0.05, 0) is 42.5 Å². The molecule has 6 nitrogen and oxygen atoms in total. The summed E-state index contributed by atoms with van der Waals surface area (Å²) in [5.41, 5.74) is 3.03. The molecule has 1 aliphatic heterocycles. The Kier molecular flexibility index (Phi) is 6.15. The van der Waals surface area contributed by atoms with Crippen LogP contribution in [0.5, 0.6) is 0 Å². The maximum atomic E-state index is 12.9. The van der Waals surface area contributed by atoms with Gasteiger partial charge in [-0.15, -0.1) is 23.1 Å². The highest BCUT2D eigenvalue weighted by Gasteiger charge is 2.32. The molecule has 2 aromatic heterocycles. The third kappa shape index (κ3) is 4.39. The van der Waals surface area contributed by atoms with E-state index in [1.807, 2.05) is 17.7 Å². The van der Waals surface area contributed by atoms with Crippen LogP contribution in [0, 0.1) is 5.92 Å². The lowest BCUT2D eigenvalue weighted by molar-refractivity contribution is -0.122. The van der Waals surface area contributed by atoms with E-state index in [1.54, 1.807) is 36.0 Å². The number of nitrogens with zero attached hydrogens (tertiary/aromatic N) is 3. The first-order chi connectivity index (χ1) is 14.5. The molecule has 0 aliphatic carbocycles. The Morgan fingerprint density at radius 2 is 2.07 bits per heavy atom. The molecule has 0 bridgehead atoms. The van der Waals surface area contributed by atoms with Gasteiger partial charge in [-0.25, -0.2) is 9.97 Å². The summed E-state index contributed by atoms with van der Waals surface area (Å²) >= 11 is 3.19. The van der Waals surface area contributed by atoms with Crippen LogP contribution < -0.4 is 10.2 Å². The first-order valence-corrected chi connectivity index (χ1v) is 11.7. The van der Waals surface area contributed by atoms with Crippen molar-refractivity contribution in [2.75, 3.05) is 18.2 Å². The molecule has 3 aromatic rings. The van der Waals surface area contributed by atoms with Gasteiger partial charge in [0, 0.05) is 35.9 Å². The Bertz CT molecular complexity index is 1050. The van der Waals surface area contributed by atoms with E-state index in [0.717, 1.165) is 22.0 Å². The molecule has 1 aliphatic rings. The SMILES string of the molecule is CSc1ccc(CC2Cc3nc(C(=O)NCc4nccs4)ccc3N(C)C2=O)cc1. The van der Waals surface area contributed by atoms with Crippen LogP contribution in [0.1, 0.15) is 26.8 Å². The number of pyridine rings is 1. The van der Waals surface area contributed by atoms with E-state index in [2.05, 4.69) is 39.6 Å².